The lowest BCUT2D eigenvalue weighted by Crippen LogP contribution is -2.47. The van der Waals surface area contributed by atoms with Crippen LogP contribution in [0.3, 0.4) is 0 Å². The predicted octanol–water partition coefficient (Wildman–Crippen LogP) is 4.62. The van der Waals surface area contributed by atoms with Gasteiger partial charge in [0.2, 0.25) is 5.28 Å². The molecule has 2 aliphatic rings. The van der Waals surface area contributed by atoms with Crippen molar-refractivity contribution < 1.29 is 4.79 Å². The lowest BCUT2D eigenvalue weighted by atomic mass is 9.56. The Morgan fingerprint density at radius 1 is 1.17 bits per heavy atom. The molecule has 24 heavy (non-hydrogen) atoms. The minimum absolute atomic E-state index is 0.0863. The van der Waals surface area contributed by atoms with Gasteiger partial charge in [-0.1, -0.05) is 44.2 Å². The summed E-state index contributed by atoms with van der Waals surface area (Å²) in [5.41, 5.74) is 4.23. The van der Waals surface area contributed by atoms with Crippen LogP contribution in [-0.4, -0.2) is 15.8 Å². The third kappa shape index (κ3) is 2.29. The van der Waals surface area contributed by atoms with E-state index in [4.69, 9.17) is 11.6 Å². The molecule has 0 saturated heterocycles. The number of ketones is 1. The van der Waals surface area contributed by atoms with E-state index in [0.29, 0.717) is 23.4 Å². The minimum atomic E-state index is -0.0863. The lowest BCUT2D eigenvalue weighted by molar-refractivity contribution is -0.128. The van der Waals surface area contributed by atoms with E-state index >= 15 is 0 Å². The number of fused-ring (bicyclic) bond motifs is 3. The second kappa shape index (κ2) is 5.66. The van der Waals surface area contributed by atoms with Crippen molar-refractivity contribution in [2.24, 2.45) is 11.8 Å². The summed E-state index contributed by atoms with van der Waals surface area (Å²) in [5, 5.41) is 0.305. The number of benzene rings is 1. The van der Waals surface area contributed by atoms with E-state index in [1.807, 2.05) is 18.2 Å². The SMILES string of the molecule is C[C@H]1C(=O)CC[C@@]2(C)c3nc(Cl)nc(-c4ccccc4)c3CC[C@H]12. The molecule has 0 unspecified atom stereocenters. The fourth-order valence-electron chi connectivity index (χ4n) is 4.74. The Hall–Kier alpha value is -1.74. The fraction of sp³-hybridized carbons (Fsp3) is 0.450. The summed E-state index contributed by atoms with van der Waals surface area (Å²) < 4.78 is 0. The van der Waals surface area contributed by atoms with Crippen molar-refractivity contribution in [1.29, 1.82) is 0 Å². The summed E-state index contributed by atoms with van der Waals surface area (Å²) in [5.74, 6) is 0.844. The van der Waals surface area contributed by atoms with Gasteiger partial charge in [-0.15, -0.1) is 0 Å². The zero-order valence-electron chi connectivity index (χ0n) is 14.1. The van der Waals surface area contributed by atoms with Crippen LogP contribution in [0.5, 0.6) is 0 Å². The highest BCUT2D eigenvalue weighted by atomic mass is 35.5. The average Bonchev–Trinajstić information content (AvgIpc) is 2.59. The normalized spacial score (nSPS) is 29.0. The van der Waals surface area contributed by atoms with Gasteiger partial charge in [-0.05, 0) is 36.8 Å². The van der Waals surface area contributed by atoms with Crippen LogP contribution in [0.15, 0.2) is 30.3 Å². The van der Waals surface area contributed by atoms with E-state index < -0.39 is 0 Å². The molecular weight excluding hydrogens is 320 g/mol. The van der Waals surface area contributed by atoms with Crippen LogP contribution in [-0.2, 0) is 16.6 Å². The van der Waals surface area contributed by atoms with Crippen molar-refractivity contribution in [2.45, 2.75) is 44.9 Å². The van der Waals surface area contributed by atoms with Crippen molar-refractivity contribution in [3.8, 4) is 11.3 Å². The Labute approximate surface area is 147 Å². The molecular formula is C20H21ClN2O. The molecule has 2 aromatic rings. The Morgan fingerprint density at radius 2 is 1.92 bits per heavy atom. The molecule has 4 heteroatoms. The van der Waals surface area contributed by atoms with E-state index in [2.05, 4.69) is 35.9 Å². The second-order valence-corrected chi connectivity index (χ2v) is 7.69. The molecule has 0 bridgehead atoms. The molecule has 0 N–H and O–H groups in total. The zero-order chi connectivity index (χ0) is 16.9. The van der Waals surface area contributed by atoms with Crippen LogP contribution in [0, 0.1) is 11.8 Å². The molecule has 1 saturated carbocycles. The number of carbonyl (C=O) groups excluding carboxylic acids is 1. The molecule has 0 spiro atoms. The van der Waals surface area contributed by atoms with Crippen LogP contribution in [0.4, 0.5) is 0 Å². The highest BCUT2D eigenvalue weighted by Gasteiger charge is 2.49. The summed E-state index contributed by atoms with van der Waals surface area (Å²) in [4.78, 5) is 21.4. The Kier molecular flexibility index (Phi) is 3.72. The smallest absolute Gasteiger partial charge is 0.223 e. The number of rotatable bonds is 1. The molecule has 0 amide bonds. The number of halogens is 1. The van der Waals surface area contributed by atoms with Crippen molar-refractivity contribution in [2.75, 3.05) is 0 Å². The van der Waals surface area contributed by atoms with Crippen LogP contribution in [0.2, 0.25) is 5.28 Å². The van der Waals surface area contributed by atoms with Gasteiger partial charge >= 0.3 is 0 Å². The highest BCUT2D eigenvalue weighted by molar-refractivity contribution is 6.28. The molecule has 2 aliphatic carbocycles. The quantitative estimate of drug-likeness (QED) is 0.711. The van der Waals surface area contributed by atoms with E-state index in [-0.39, 0.29) is 11.3 Å². The van der Waals surface area contributed by atoms with Crippen molar-refractivity contribution >= 4 is 17.4 Å². The van der Waals surface area contributed by atoms with Crippen LogP contribution in [0.25, 0.3) is 11.3 Å². The third-order valence-electron chi connectivity index (χ3n) is 6.09. The van der Waals surface area contributed by atoms with Crippen LogP contribution >= 0.6 is 11.6 Å². The maximum absolute atomic E-state index is 12.2. The Balaban J connectivity index is 1.90. The van der Waals surface area contributed by atoms with Gasteiger partial charge in [0.05, 0.1) is 11.4 Å². The van der Waals surface area contributed by atoms with Gasteiger partial charge in [0.15, 0.2) is 0 Å². The largest absolute Gasteiger partial charge is 0.299 e. The first-order valence-electron chi connectivity index (χ1n) is 8.66. The number of nitrogens with zero attached hydrogens (tertiary/aromatic N) is 2. The topological polar surface area (TPSA) is 42.9 Å². The first kappa shape index (κ1) is 15.8. The monoisotopic (exact) mass is 340 g/mol. The van der Waals surface area contributed by atoms with Gasteiger partial charge in [-0.2, -0.15) is 0 Å². The maximum atomic E-state index is 12.2. The lowest BCUT2D eigenvalue weighted by Gasteiger charge is -2.48. The molecule has 1 fully saturated rings. The van der Waals surface area contributed by atoms with Gasteiger partial charge in [-0.3, -0.25) is 4.79 Å². The van der Waals surface area contributed by atoms with Crippen molar-refractivity contribution in [3.63, 3.8) is 0 Å². The van der Waals surface area contributed by atoms with Crippen molar-refractivity contribution in [1.82, 2.24) is 9.97 Å². The summed E-state index contributed by atoms with van der Waals surface area (Å²) in [6, 6.07) is 10.2. The molecule has 1 heterocycles. The van der Waals surface area contributed by atoms with Gasteiger partial charge in [0.1, 0.15) is 5.78 Å². The summed E-state index contributed by atoms with van der Waals surface area (Å²) in [6.45, 7) is 4.34. The zero-order valence-corrected chi connectivity index (χ0v) is 14.8. The molecule has 3 atom stereocenters. The number of Topliss-reactive ketones (excluding diaryl/α,β-unsaturated/α-hetero) is 1. The predicted molar refractivity (Wildman–Crippen MR) is 95.0 cm³/mol. The summed E-state index contributed by atoms with van der Waals surface area (Å²) in [6.07, 6.45) is 3.42. The van der Waals surface area contributed by atoms with E-state index in [9.17, 15) is 4.79 Å². The maximum Gasteiger partial charge on any atom is 0.223 e. The van der Waals surface area contributed by atoms with Gasteiger partial charge < -0.3 is 0 Å². The Morgan fingerprint density at radius 3 is 2.67 bits per heavy atom. The number of carbonyl (C=O) groups is 1. The van der Waals surface area contributed by atoms with Crippen LogP contribution in [0.1, 0.15) is 44.4 Å². The van der Waals surface area contributed by atoms with Crippen LogP contribution < -0.4 is 0 Å². The molecule has 0 aliphatic heterocycles. The fourth-order valence-corrected chi connectivity index (χ4v) is 4.90. The molecule has 1 aromatic heterocycles. The highest BCUT2D eigenvalue weighted by Crippen LogP contribution is 2.51. The molecule has 0 radical (unpaired) electrons. The molecule has 124 valence electrons. The van der Waals surface area contributed by atoms with E-state index in [1.54, 1.807) is 0 Å². The minimum Gasteiger partial charge on any atom is -0.299 e. The number of hydrogen-bond donors (Lipinski definition) is 0. The van der Waals surface area contributed by atoms with Gasteiger partial charge in [0, 0.05) is 28.9 Å². The van der Waals surface area contributed by atoms with E-state index in [1.165, 1.54) is 5.56 Å². The first-order valence-corrected chi connectivity index (χ1v) is 9.03. The van der Waals surface area contributed by atoms with Gasteiger partial charge in [0.25, 0.3) is 0 Å². The molecule has 4 rings (SSSR count). The summed E-state index contributed by atoms with van der Waals surface area (Å²) in [7, 11) is 0. The van der Waals surface area contributed by atoms with E-state index in [0.717, 1.165) is 36.2 Å². The second-order valence-electron chi connectivity index (χ2n) is 7.35. The average molecular weight is 341 g/mol. The van der Waals surface area contributed by atoms with Crippen molar-refractivity contribution in [3.05, 3.63) is 46.9 Å². The molecule has 1 aromatic carbocycles. The third-order valence-corrected chi connectivity index (χ3v) is 6.26. The summed E-state index contributed by atoms with van der Waals surface area (Å²) >= 11 is 6.30. The number of hydrogen-bond acceptors (Lipinski definition) is 3. The standard InChI is InChI=1S/C20H21ClN2O/c1-12-15-9-8-14-17(13-6-4-3-5-7-13)22-19(21)23-18(14)20(15,2)11-10-16(12)24/h3-7,12,15H,8-11H2,1-2H3/t12-,15-,20-/m1/s1. The molecule has 3 nitrogen and oxygen atoms in total. The van der Waals surface area contributed by atoms with Gasteiger partial charge in [-0.25, -0.2) is 9.97 Å². The first-order chi connectivity index (χ1) is 11.5. The number of aromatic nitrogens is 2. The Bertz CT molecular complexity index is 805.